The summed E-state index contributed by atoms with van der Waals surface area (Å²) in [5, 5.41) is 16.7. The fourth-order valence-electron chi connectivity index (χ4n) is 2.26. The summed E-state index contributed by atoms with van der Waals surface area (Å²) in [4.78, 5) is 36.4. The molecule has 146 valence electrons. The summed E-state index contributed by atoms with van der Waals surface area (Å²) in [5.74, 6) is -1.36. The monoisotopic (exact) mass is 412 g/mol. The standard InChI is InChI=1S/C18H22Cl2N4O3/c1-18(2,3)16(17(27)23-10-15(26)22-5-4-21)24-14(25)8-11-6-12(19)9-13(20)7-11/h6-7,9,16H,5,8,10H2,1-3H3,(H,22,26)(H,23,27)(H,24,25)/t16-/m1/s1. The highest BCUT2D eigenvalue weighted by Crippen LogP contribution is 2.21. The average molecular weight is 413 g/mol. The van der Waals surface area contributed by atoms with Gasteiger partial charge in [-0.05, 0) is 29.2 Å². The van der Waals surface area contributed by atoms with Crippen LogP contribution in [-0.2, 0) is 20.8 Å². The molecule has 0 radical (unpaired) electrons. The van der Waals surface area contributed by atoms with Crippen LogP contribution in [0.15, 0.2) is 18.2 Å². The quantitative estimate of drug-likeness (QED) is 0.592. The van der Waals surface area contributed by atoms with Crippen LogP contribution in [0.25, 0.3) is 0 Å². The van der Waals surface area contributed by atoms with Crippen LogP contribution in [0.2, 0.25) is 10.0 Å². The predicted octanol–water partition coefficient (Wildman–Crippen LogP) is 1.82. The van der Waals surface area contributed by atoms with E-state index in [2.05, 4.69) is 16.0 Å². The smallest absolute Gasteiger partial charge is 0.243 e. The van der Waals surface area contributed by atoms with E-state index in [0.717, 1.165) is 0 Å². The molecule has 3 amide bonds. The third-order valence-corrected chi connectivity index (χ3v) is 3.94. The Morgan fingerprint density at radius 1 is 1.07 bits per heavy atom. The first-order valence-corrected chi connectivity index (χ1v) is 8.94. The van der Waals surface area contributed by atoms with Gasteiger partial charge in [0, 0.05) is 10.0 Å². The lowest BCUT2D eigenvalue weighted by molar-refractivity contribution is -0.132. The molecular formula is C18H22Cl2N4O3. The Morgan fingerprint density at radius 2 is 1.67 bits per heavy atom. The van der Waals surface area contributed by atoms with Crippen LogP contribution in [0.1, 0.15) is 26.3 Å². The summed E-state index contributed by atoms with van der Waals surface area (Å²) in [6.45, 7) is 4.96. The van der Waals surface area contributed by atoms with E-state index in [9.17, 15) is 14.4 Å². The van der Waals surface area contributed by atoms with Crippen LogP contribution in [0.4, 0.5) is 0 Å². The minimum absolute atomic E-state index is 0.00277. The molecule has 0 saturated heterocycles. The predicted molar refractivity (Wildman–Crippen MR) is 103 cm³/mol. The second-order valence-electron chi connectivity index (χ2n) is 6.97. The van der Waals surface area contributed by atoms with Crippen molar-refractivity contribution in [1.29, 1.82) is 5.26 Å². The number of amides is 3. The number of carbonyl (C=O) groups excluding carboxylic acids is 3. The number of rotatable bonds is 7. The molecule has 1 aromatic carbocycles. The molecule has 1 atom stereocenters. The lowest BCUT2D eigenvalue weighted by Crippen LogP contribution is -2.55. The van der Waals surface area contributed by atoms with Crippen LogP contribution in [0, 0.1) is 16.7 Å². The Labute approximate surface area is 168 Å². The summed E-state index contributed by atoms with van der Waals surface area (Å²) in [7, 11) is 0. The maximum absolute atomic E-state index is 12.5. The molecule has 0 aliphatic rings. The molecule has 0 bridgehead atoms. The highest BCUT2D eigenvalue weighted by molar-refractivity contribution is 6.34. The molecule has 0 heterocycles. The van der Waals surface area contributed by atoms with E-state index >= 15 is 0 Å². The van der Waals surface area contributed by atoms with E-state index in [4.69, 9.17) is 28.5 Å². The van der Waals surface area contributed by atoms with E-state index in [1.54, 1.807) is 45.0 Å². The second kappa shape index (κ2) is 10.1. The topological polar surface area (TPSA) is 111 Å². The molecule has 7 nitrogen and oxygen atoms in total. The van der Waals surface area contributed by atoms with E-state index < -0.39 is 23.3 Å². The zero-order valence-corrected chi connectivity index (χ0v) is 16.9. The van der Waals surface area contributed by atoms with Crippen molar-refractivity contribution in [3.8, 4) is 6.07 Å². The number of hydrogen-bond donors (Lipinski definition) is 3. The normalized spacial score (nSPS) is 11.9. The van der Waals surface area contributed by atoms with Crippen molar-refractivity contribution in [2.24, 2.45) is 5.41 Å². The van der Waals surface area contributed by atoms with Crippen molar-refractivity contribution in [1.82, 2.24) is 16.0 Å². The Hall–Kier alpha value is -2.30. The van der Waals surface area contributed by atoms with Gasteiger partial charge >= 0.3 is 0 Å². The first-order valence-electron chi connectivity index (χ1n) is 8.18. The molecular weight excluding hydrogens is 391 g/mol. The number of nitrogens with one attached hydrogen (secondary N) is 3. The molecule has 0 aliphatic heterocycles. The summed E-state index contributed by atoms with van der Waals surface area (Å²) in [6.07, 6.45) is 0.00277. The number of hydrogen-bond acceptors (Lipinski definition) is 4. The van der Waals surface area contributed by atoms with Crippen LogP contribution in [-0.4, -0.2) is 36.9 Å². The van der Waals surface area contributed by atoms with E-state index in [-0.39, 0.29) is 25.4 Å². The fourth-order valence-corrected chi connectivity index (χ4v) is 2.83. The van der Waals surface area contributed by atoms with E-state index in [1.807, 2.05) is 0 Å². The number of halogens is 2. The molecule has 9 heteroatoms. The van der Waals surface area contributed by atoms with Gasteiger partial charge < -0.3 is 16.0 Å². The molecule has 0 aliphatic carbocycles. The largest absolute Gasteiger partial charge is 0.345 e. The van der Waals surface area contributed by atoms with Gasteiger partial charge in [-0.1, -0.05) is 44.0 Å². The van der Waals surface area contributed by atoms with E-state index in [0.29, 0.717) is 15.6 Å². The Morgan fingerprint density at radius 3 is 2.19 bits per heavy atom. The number of carbonyl (C=O) groups is 3. The molecule has 0 fully saturated rings. The average Bonchev–Trinajstić information content (AvgIpc) is 2.53. The van der Waals surface area contributed by atoms with Crippen LogP contribution >= 0.6 is 23.2 Å². The minimum Gasteiger partial charge on any atom is -0.345 e. The highest BCUT2D eigenvalue weighted by Gasteiger charge is 2.32. The highest BCUT2D eigenvalue weighted by atomic mass is 35.5. The lowest BCUT2D eigenvalue weighted by Gasteiger charge is -2.30. The zero-order valence-electron chi connectivity index (χ0n) is 15.4. The van der Waals surface area contributed by atoms with Crippen molar-refractivity contribution in [2.75, 3.05) is 13.1 Å². The number of benzene rings is 1. The van der Waals surface area contributed by atoms with Crippen LogP contribution in [0.3, 0.4) is 0 Å². The SMILES string of the molecule is CC(C)(C)[C@H](NC(=O)Cc1cc(Cl)cc(Cl)c1)C(=O)NCC(=O)NCC#N. The Bertz CT molecular complexity index is 734. The van der Waals surface area contributed by atoms with Gasteiger partial charge in [-0.2, -0.15) is 5.26 Å². The molecule has 3 N–H and O–H groups in total. The third kappa shape index (κ3) is 8.29. The molecule has 0 aromatic heterocycles. The van der Waals surface area contributed by atoms with E-state index in [1.165, 1.54) is 0 Å². The zero-order chi connectivity index (χ0) is 20.6. The van der Waals surface area contributed by atoms with Gasteiger partial charge in [-0.25, -0.2) is 0 Å². The number of nitrogens with zero attached hydrogens (tertiary/aromatic N) is 1. The van der Waals surface area contributed by atoms with Crippen molar-refractivity contribution in [3.63, 3.8) is 0 Å². The van der Waals surface area contributed by atoms with Crippen LogP contribution < -0.4 is 16.0 Å². The maximum Gasteiger partial charge on any atom is 0.243 e. The molecule has 0 saturated carbocycles. The summed E-state index contributed by atoms with van der Waals surface area (Å²) < 4.78 is 0. The van der Waals surface area contributed by atoms with Crippen molar-refractivity contribution in [3.05, 3.63) is 33.8 Å². The number of nitriles is 1. The third-order valence-electron chi connectivity index (χ3n) is 3.51. The molecule has 1 aromatic rings. The van der Waals surface area contributed by atoms with Gasteiger partial charge in [-0.3, -0.25) is 14.4 Å². The van der Waals surface area contributed by atoms with Gasteiger partial charge in [0.15, 0.2) is 0 Å². The molecule has 1 rings (SSSR count). The fraction of sp³-hybridized carbons (Fsp3) is 0.444. The molecule has 0 spiro atoms. The van der Waals surface area contributed by atoms with Gasteiger partial charge in [0.05, 0.1) is 19.0 Å². The van der Waals surface area contributed by atoms with Gasteiger partial charge in [0.25, 0.3) is 0 Å². The van der Waals surface area contributed by atoms with Crippen molar-refractivity contribution >= 4 is 40.9 Å². The molecule has 27 heavy (non-hydrogen) atoms. The van der Waals surface area contributed by atoms with Crippen LogP contribution in [0.5, 0.6) is 0 Å². The lowest BCUT2D eigenvalue weighted by atomic mass is 9.86. The minimum atomic E-state index is -0.858. The van der Waals surface area contributed by atoms with Crippen molar-refractivity contribution < 1.29 is 14.4 Å². The Kier molecular flexibility index (Phi) is 8.54. The summed E-state index contributed by atoms with van der Waals surface area (Å²) >= 11 is 11.9. The summed E-state index contributed by atoms with van der Waals surface area (Å²) in [5.41, 5.74) is 0.0310. The molecule has 0 unspecified atom stereocenters. The maximum atomic E-state index is 12.5. The first kappa shape index (κ1) is 22.7. The second-order valence-corrected chi connectivity index (χ2v) is 7.85. The Balaban J connectivity index is 2.74. The summed E-state index contributed by atoms with van der Waals surface area (Å²) in [6, 6.07) is 5.72. The van der Waals surface area contributed by atoms with Gasteiger partial charge in [-0.15, -0.1) is 0 Å². The van der Waals surface area contributed by atoms with Crippen molar-refractivity contribution in [2.45, 2.75) is 33.2 Å². The van der Waals surface area contributed by atoms with Gasteiger partial charge in [0.2, 0.25) is 17.7 Å². The first-order chi connectivity index (χ1) is 12.5. The van der Waals surface area contributed by atoms with Gasteiger partial charge in [0.1, 0.15) is 12.6 Å².